The molecule has 0 aliphatic carbocycles. The second-order valence-electron chi connectivity index (χ2n) is 5.16. The lowest BCUT2D eigenvalue weighted by atomic mass is 10.0. The van der Waals surface area contributed by atoms with Gasteiger partial charge in [0.1, 0.15) is 0 Å². The van der Waals surface area contributed by atoms with Crippen LogP contribution in [-0.4, -0.2) is 5.91 Å². The Hall–Kier alpha value is -1.65. The lowest BCUT2D eigenvalue weighted by Gasteiger charge is -2.16. The minimum Gasteiger partial charge on any atom is -0.366 e. The van der Waals surface area contributed by atoms with Crippen LogP contribution in [0.25, 0.3) is 0 Å². The molecule has 0 heterocycles. The van der Waals surface area contributed by atoms with Crippen LogP contribution in [0.4, 0.5) is 0 Å². The molecule has 3 N–H and O–H groups in total. The van der Waals surface area contributed by atoms with Gasteiger partial charge >= 0.3 is 0 Å². The summed E-state index contributed by atoms with van der Waals surface area (Å²) in [4.78, 5) is 11.1. The summed E-state index contributed by atoms with van der Waals surface area (Å²) in [5.41, 5.74) is 9.31. The maximum Gasteiger partial charge on any atom is 0.248 e. The van der Waals surface area contributed by atoms with Crippen molar-refractivity contribution in [1.29, 1.82) is 0 Å². The number of carbonyl (C=O) groups excluding carboxylic acids is 1. The van der Waals surface area contributed by atoms with Crippen LogP contribution in [0.1, 0.15) is 40.0 Å². The van der Waals surface area contributed by atoms with Crippen molar-refractivity contribution in [1.82, 2.24) is 5.32 Å². The summed E-state index contributed by atoms with van der Waals surface area (Å²) in [6.07, 6.45) is 0. The van der Waals surface area contributed by atoms with E-state index in [0.717, 1.165) is 16.6 Å². The smallest absolute Gasteiger partial charge is 0.248 e. The molecular weight excluding hydrogens is 328 g/mol. The molecule has 0 saturated carbocycles. The van der Waals surface area contributed by atoms with E-state index in [1.807, 2.05) is 31.2 Å². The molecule has 2 rings (SSSR count). The van der Waals surface area contributed by atoms with Crippen LogP contribution in [-0.2, 0) is 6.54 Å². The van der Waals surface area contributed by atoms with E-state index >= 15 is 0 Å². The highest BCUT2D eigenvalue weighted by molar-refractivity contribution is 9.10. The largest absolute Gasteiger partial charge is 0.366 e. The van der Waals surface area contributed by atoms with Crippen molar-refractivity contribution in [2.24, 2.45) is 5.73 Å². The first-order valence-electron chi connectivity index (χ1n) is 6.85. The van der Waals surface area contributed by atoms with Crippen molar-refractivity contribution in [2.45, 2.75) is 26.4 Å². The standard InChI is InChI=1S/C17H19BrN2O/c1-11-8-14(17(19)21)6-7-15(11)10-20-12(2)13-4-3-5-16(18)9-13/h3-9,12,20H,10H2,1-2H3,(H2,19,21)/t12-/m1/s1. The molecule has 0 aliphatic heterocycles. The van der Waals surface area contributed by atoms with Gasteiger partial charge in [-0.1, -0.05) is 34.1 Å². The van der Waals surface area contributed by atoms with Gasteiger partial charge in [-0.25, -0.2) is 0 Å². The van der Waals surface area contributed by atoms with Crippen LogP contribution in [0.3, 0.4) is 0 Å². The molecular formula is C17H19BrN2O. The molecule has 0 unspecified atom stereocenters. The summed E-state index contributed by atoms with van der Waals surface area (Å²) in [6.45, 7) is 4.88. The highest BCUT2D eigenvalue weighted by atomic mass is 79.9. The van der Waals surface area contributed by atoms with Crippen molar-refractivity contribution < 1.29 is 4.79 Å². The summed E-state index contributed by atoms with van der Waals surface area (Å²) < 4.78 is 1.08. The van der Waals surface area contributed by atoms with Crippen LogP contribution >= 0.6 is 15.9 Å². The fraction of sp³-hybridized carbons (Fsp3) is 0.235. The Bertz CT molecular complexity index is 655. The zero-order valence-electron chi connectivity index (χ0n) is 12.2. The Kier molecular flexibility index (Phi) is 5.15. The number of carbonyl (C=O) groups is 1. The number of hydrogen-bond acceptors (Lipinski definition) is 2. The number of primary amides is 1. The second-order valence-corrected chi connectivity index (χ2v) is 6.08. The molecule has 0 aromatic heterocycles. The van der Waals surface area contributed by atoms with Gasteiger partial charge in [0, 0.05) is 22.6 Å². The van der Waals surface area contributed by atoms with Gasteiger partial charge in [0.05, 0.1) is 0 Å². The zero-order valence-corrected chi connectivity index (χ0v) is 13.8. The SMILES string of the molecule is Cc1cc(C(N)=O)ccc1CN[C@H](C)c1cccc(Br)c1. The molecule has 0 spiro atoms. The number of halogens is 1. The lowest BCUT2D eigenvalue weighted by Crippen LogP contribution is -2.19. The van der Waals surface area contributed by atoms with Crippen molar-refractivity contribution in [3.8, 4) is 0 Å². The number of amides is 1. The van der Waals surface area contributed by atoms with Crippen molar-refractivity contribution in [2.75, 3.05) is 0 Å². The van der Waals surface area contributed by atoms with Crippen LogP contribution in [0.5, 0.6) is 0 Å². The lowest BCUT2D eigenvalue weighted by molar-refractivity contribution is 0.1000. The van der Waals surface area contributed by atoms with Gasteiger partial charge in [-0.15, -0.1) is 0 Å². The van der Waals surface area contributed by atoms with Crippen LogP contribution in [0.2, 0.25) is 0 Å². The maximum absolute atomic E-state index is 11.1. The van der Waals surface area contributed by atoms with Crippen LogP contribution < -0.4 is 11.1 Å². The van der Waals surface area contributed by atoms with E-state index in [1.54, 1.807) is 6.07 Å². The van der Waals surface area contributed by atoms with Crippen LogP contribution in [0.15, 0.2) is 46.9 Å². The monoisotopic (exact) mass is 346 g/mol. The molecule has 2 aromatic rings. The molecule has 21 heavy (non-hydrogen) atoms. The van der Waals surface area contributed by atoms with E-state index in [-0.39, 0.29) is 11.9 Å². The van der Waals surface area contributed by atoms with Crippen molar-refractivity contribution >= 4 is 21.8 Å². The fourth-order valence-electron chi connectivity index (χ4n) is 2.20. The van der Waals surface area contributed by atoms with Gasteiger partial charge in [-0.05, 0) is 54.8 Å². The number of rotatable bonds is 5. The molecule has 2 aromatic carbocycles. The molecule has 3 nitrogen and oxygen atoms in total. The van der Waals surface area contributed by atoms with Gasteiger partial charge in [0.25, 0.3) is 0 Å². The Morgan fingerprint density at radius 1 is 1.29 bits per heavy atom. The van der Waals surface area contributed by atoms with Crippen LogP contribution in [0, 0.1) is 6.92 Å². The number of nitrogens with two attached hydrogens (primary N) is 1. The molecule has 4 heteroatoms. The fourth-order valence-corrected chi connectivity index (χ4v) is 2.62. The minimum atomic E-state index is -0.389. The number of hydrogen-bond donors (Lipinski definition) is 2. The molecule has 1 amide bonds. The van der Waals surface area contributed by atoms with E-state index in [0.29, 0.717) is 5.56 Å². The van der Waals surface area contributed by atoms with Gasteiger partial charge < -0.3 is 11.1 Å². The predicted molar refractivity (Wildman–Crippen MR) is 89.1 cm³/mol. The summed E-state index contributed by atoms with van der Waals surface area (Å²) in [6, 6.07) is 14.1. The minimum absolute atomic E-state index is 0.248. The predicted octanol–water partition coefficient (Wildman–Crippen LogP) is 3.71. The third-order valence-corrected chi connectivity index (χ3v) is 4.07. The van der Waals surface area contributed by atoms with Gasteiger partial charge in [-0.3, -0.25) is 4.79 Å². The van der Waals surface area contributed by atoms with E-state index in [2.05, 4.69) is 40.3 Å². The molecule has 0 fully saturated rings. The third-order valence-electron chi connectivity index (χ3n) is 3.57. The second kappa shape index (κ2) is 6.87. The molecule has 0 bridgehead atoms. The summed E-state index contributed by atoms with van der Waals surface area (Å²) in [5.74, 6) is -0.389. The number of benzene rings is 2. The van der Waals surface area contributed by atoms with Gasteiger partial charge in [-0.2, -0.15) is 0 Å². The third kappa shape index (κ3) is 4.16. The van der Waals surface area contributed by atoms with E-state index < -0.39 is 0 Å². The average molecular weight is 347 g/mol. The maximum atomic E-state index is 11.1. The van der Waals surface area contributed by atoms with Gasteiger partial charge in [0.2, 0.25) is 5.91 Å². The summed E-state index contributed by atoms with van der Waals surface area (Å²) >= 11 is 3.49. The Labute approximate surface area is 133 Å². The van der Waals surface area contributed by atoms with E-state index in [1.165, 1.54) is 11.1 Å². The van der Waals surface area contributed by atoms with E-state index in [9.17, 15) is 4.79 Å². The van der Waals surface area contributed by atoms with E-state index in [4.69, 9.17) is 5.73 Å². The molecule has 110 valence electrons. The molecule has 0 saturated heterocycles. The Morgan fingerprint density at radius 2 is 2.05 bits per heavy atom. The highest BCUT2D eigenvalue weighted by Crippen LogP contribution is 2.19. The first-order chi connectivity index (χ1) is 9.97. The summed E-state index contributed by atoms with van der Waals surface area (Å²) in [5, 5.41) is 3.49. The molecule has 1 atom stereocenters. The Morgan fingerprint density at radius 3 is 2.67 bits per heavy atom. The van der Waals surface area contributed by atoms with Crippen molar-refractivity contribution in [3.63, 3.8) is 0 Å². The van der Waals surface area contributed by atoms with Gasteiger partial charge in [0.15, 0.2) is 0 Å². The highest BCUT2D eigenvalue weighted by Gasteiger charge is 2.08. The molecule has 0 radical (unpaired) electrons. The average Bonchev–Trinajstić information content (AvgIpc) is 2.45. The zero-order chi connectivity index (χ0) is 15.4. The summed E-state index contributed by atoms with van der Waals surface area (Å²) in [7, 11) is 0. The first kappa shape index (κ1) is 15.7. The molecule has 0 aliphatic rings. The number of nitrogens with one attached hydrogen (secondary N) is 1. The first-order valence-corrected chi connectivity index (χ1v) is 7.65. The van der Waals surface area contributed by atoms with Crippen molar-refractivity contribution in [3.05, 3.63) is 69.2 Å². The number of aryl methyl sites for hydroxylation is 1. The Balaban J connectivity index is 2.04. The quantitative estimate of drug-likeness (QED) is 0.866. The normalized spacial score (nSPS) is 12.1. The topological polar surface area (TPSA) is 55.1 Å².